The highest BCUT2D eigenvalue weighted by Crippen LogP contribution is 2.34. The van der Waals surface area contributed by atoms with Gasteiger partial charge in [-0.15, -0.1) is 0 Å². The van der Waals surface area contributed by atoms with Gasteiger partial charge in [0.2, 0.25) is 0 Å². The second kappa shape index (κ2) is 6.18. The van der Waals surface area contributed by atoms with Crippen LogP contribution in [0.1, 0.15) is 49.7 Å². The first-order valence-corrected chi connectivity index (χ1v) is 8.21. The van der Waals surface area contributed by atoms with E-state index in [2.05, 4.69) is 36.1 Å². The predicted molar refractivity (Wildman–Crippen MR) is 83.5 cm³/mol. The number of benzene rings is 1. The summed E-state index contributed by atoms with van der Waals surface area (Å²) in [5.41, 5.74) is 2.91. The van der Waals surface area contributed by atoms with Gasteiger partial charge in [0.25, 0.3) is 0 Å². The first kappa shape index (κ1) is 14.6. The zero-order valence-electron chi connectivity index (χ0n) is 12.8. The Bertz CT molecular complexity index is 514. The van der Waals surface area contributed by atoms with Crippen LogP contribution in [-0.4, -0.2) is 35.1 Å². The van der Waals surface area contributed by atoms with Gasteiger partial charge >= 0.3 is 5.97 Å². The minimum atomic E-state index is -0.647. The third-order valence-electron chi connectivity index (χ3n) is 5.24. The molecule has 1 aromatic carbocycles. The molecule has 21 heavy (non-hydrogen) atoms. The van der Waals surface area contributed by atoms with E-state index in [1.165, 1.54) is 30.4 Å². The second-order valence-electron chi connectivity index (χ2n) is 6.69. The topological polar surface area (TPSA) is 40.5 Å². The summed E-state index contributed by atoms with van der Waals surface area (Å²) in [7, 11) is 0. The highest BCUT2D eigenvalue weighted by Gasteiger charge is 2.35. The molecule has 3 atom stereocenters. The van der Waals surface area contributed by atoms with Crippen LogP contribution in [0.25, 0.3) is 0 Å². The smallest absolute Gasteiger partial charge is 0.321 e. The molecular formula is C18H25NO2. The lowest BCUT2D eigenvalue weighted by Crippen LogP contribution is -2.50. The van der Waals surface area contributed by atoms with Gasteiger partial charge in [0.1, 0.15) is 6.04 Å². The quantitative estimate of drug-likeness (QED) is 0.927. The average molecular weight is 287 g/mol. The molecule has 0 amide bonds. The highest BCUT2D eigenvalue weighted by atomic mass is 16.4. The van der Waals surface area contributed by atoms with Crippen molar-refractivity contribution in [3.8, 4) is 0 Å². The Labute approximate surface area is 127 Å². The van der Waals surface area contributed by atoms with Gasteiger partial charge in [0, 0.05) is 6.54 Å². The van der Waals surface area contributed by atoms with Crippen LogP contribution < -0.4 is 0 Å². The Morgan fingerprint density at radius 2 is 2.10 bits per heavy atom. The molecule has 1 fully saturated rings. The summed E-state index contributed by atoms with van der Waals surface area (Å²) in [6.45, 7) is 3.91. The highest BCUT2D eigenvalue weighted by molar-refractivity contribution is 5.74. The van der Waals surface area contributed by atoms with Crippen molar-refractivity contribution >= 4 is 5.97 Å². The molecule has 1 N–H and O–H groups in total. The van der Waals surface area contributed by atoms with Crippen LogP contribution >= 0.6 is 0 Å². The van der Waals surface area contributed by atoms with Crippen LogP contribution in [0.3, 0.4) is 0 Å². The number of piperidine rings is 1. The fraction of sp³-hybridized carbons (Fsp3) is 0.611. The van der Waals surface area contributed by atoms with Crippen molar-refractivity contribution in [3.63, 3.8) is 0 Å². The molecule has 1 aromatic rings. The lowest BCUT2D eigenvalue weighted by atomic mass is 9.81. The molecule has 3 rings (SSSR count). The molecule has 1 saturated heterocycles. The summed E-state index contributed by atoms with van der Waals surface area (Å²) < 4.78 is 0. The fourth-order valence-corrected chi connectivity index (χ4v) is 4.20. The van der Waals surface area contributed by atoms with E-state index in [-0.39, 0.29) is 12.0 Å². The summed E-state index contributed by atoms with van der Waals surface area (Å²) in [6.07, 6.45) is 5.75. The number of nitrogens with zero attached hydrogens (tertiary/aromatic N) is 1. The van der Waals surface area contributed by atoms with E-state index in [0.29, 0.717) is 5.92 Å². The maximum Gasteiger partial charge on any atom is 0.321 e. The predicted octanol–water partition coefficient (Wildman–Crippen LogP) is 3.29. The van der Waals surface area contributed by atoms with E-state index in [9.17, 15) is 9.90 Å². The van der Waals surface area contributed by atoms with Crippen molar-refractivity contribution in [2.75, 3.05) is 13.1 Å². The number of likely N-dealkylation sites (tertiary alicyclic amines) is 1. The maximum atomic E-state index is 11.6. The zero-order chi connectivity index (χ0) is 14.8. The van der Waals surface area contributed by atoms with E-state index < -0.39 is 5.97 Å². The molecular weight excluding hydrogens is 262 g/mol. The van der Waals surface area contributed by atoms with Gasteiger partial charge < -0.3 is 5.11 Å². The Balaban J connectivity index is 1.78. The summed E-state index contributed by atoms with van der Waals surface area (Å²) >= 11 is 0. The Morgan fingerprint density at radius 1 is 1.29 bits per heavy atom. The Morgan fingerprint density at radius 3 is 2.90 bits per heavy atom. The summed E-state index contributed by atoms with van der Waals surface area (Å²) in [6, 6.07) is 8.40. The number of aryl methyl sites for hydroxylation is 1. The number of fused-ring (bicyclic) bond motifs is 1. The first-order valence-electron chi connectivity index (χ1n) is 8.21. The van der Waals surface area contributed by atoms with E-state index in [4.69, 9.17) is 0 Å². The van der Waals surface area contributed by atoms with Gasteiger partial charge in [0.15, 0.2) is 0 Å². The maximum absolute atomic E-state index is 11.6. The second-order valence-corrected chi connectivity index (χ2v) is 6.69. The number of carboxylic acids is 1. The van der Waals surface area contributed by atoms with Crippen LogP contribution in [0.4, 0.5) is 0 Å². The van der Waals surface area contributed by atoms with E-state index in [0.717, 1.165) is 25.9 Å². The summed E-state index contributed by atoms with van der Waals surface area (Å²) in [4.78, 5) is 13.8. The molecule has 1 aliphatic carbocycles. The molecule has 1 heterocycles. The number of hydrogen-bond acceptors (Lipinski definition) is 2. The Kier molecular flexibility index (Phi) is 4.29. The first-order chi connectivity index (χ1) is 10.2. The van der Waals surface area contributed by atoms with Crippen LogP contribution in [0, 0.1) is 5.92 Å². The molecule has 0 saturated carbocycles. The lowest BCUT2D eigenvalue weighted by Gasteiger charge is -2.40. The molecule has 3 heteroatoms. The number of rotatable bonds is 3. The molecule has 1 aliphatic heterocycles. The van der Waals surface area contributed by atoms with Crippen LogP contribution in [0.5, 0.6) is 0 Å². The molecule has 2 aliphatic rings. The monoisotopic (exact) mass is 287 g/mol. The minimum Gasteiger partial charge on any atom is -0.480 e. The number of aliphatic carboxylic acids is 1. The number of carbonyl (C=O) groups is 1. The van der Waals surface area contributed by atoms with Crippen molar-refractivity contribution in [2.45, 2.75) is 51.0 Å². The molecule has 114 valence electrons. The normalized spacial score (nSPS) is 29.9. The van der Waals surface area contributed by atoms with Gasteiger partial charge in [-0.25, -0.2) is 0 Å². The third-order valence-corrected chi connectivity index (χ3v) is 5.24. The summed E-state index contributed by atoms with van der Waals surface area (Å²) in [5, 5.41) is 9.56. The standard InChI is InChI=1S/C18H25NO2/c1-13-6-5-11-19(17(13)18(20)21)12-15-9-4-8-14-7-2-3-10-16(14)15/h2-3,7,10,13,15,17H,4-6,8-9,11-12H2,1H3,(H,20,21). The number of carboxylic acid groups (broad SMARTS) is 1. The van der Waals surface area contributed by atoms with Gasteiger partial charge in [-0.1, -0.05) is 31.2 Å². The van der Waals surface area contributed by atoms with Gasteiger partial charge in [0.05, 0.1) is 0 Å². The van der Waals surface area contributed by atoms with Crippen molar-refractivity contribution in [2.24, 2.45) is 5.92 Å². The van der Waals surface area contributed by atoms with Crippen molar-refractivity contribution in [1.29, 1.82) is 0 Å². The van der Waals surface area contributed by atoms with Gasteiger partial charge in [-0.3, -0.25) is 9.69 Å². The van der Waals surface area contributed by atoms with Gasteiger partial charge in [-0.05, 0) is 61.6 Å². The molecule has 3 nitrogen and oxygen atoms in total. The van der Waals surface area contributed by atoms with Gasteiger partial charge in [-0.2, -0.15) is 0 Å². The SMILES string of the molecule is CC1CCCN(CC2CCCc3ccccc32)C1C(=O)O. The zero-order valence-corrected chi connectivity index (χ0v) is 12.8. The van der Waals surface area contributed by atoms with E-state index in [1.54, 1.807) is 0 Å². The fourth-order valence-electron chi connectivity index (χ4n) is 4.20. The molecule has 0 spiro atoms. The van der Waals surface area contributed by atoms with E-state index >= 15 is 0 Å². The van der Waals surface area contributed by atoms with Crippen molar-refractivity contribution < 1.29 is 9.90 Å². The minimum absolute atomic E-state index is 0.259. The lowest BCUT2D eigenvalue weighted by molar-refractivity contribution is -0.147. The average Bonchev–Trinajstić information content (AvgIpc) is 2.47. The van der Waals surface area contributed by atoms with E-state index in [1.807, 2.05) is 0 Å². The summed E-state index contributed by atoms with van der Waals surface area (Å²) in [5.74, 6) is 0.114. The third kappa shape index (κ3) is 2.98. The van der Waals surface area contributed by atoms with Crippen molar-refractivity contribution in [3.05, 3.63) is 35.4 Å². The Hall–Kier alpha value is -1.35. The van der Waals surface area contributed by atoms with Crippen molar-refractivity contribution in [1.82, 2.24) is 4.90 Å². The van der Waals surface area contributed by atoms with Crippen LogP contribution in [0.2, 0.25) is 0 Å². The molecule has 0 bridgehead atoms. The number of hydrogen-bond donors (Lipinski definition) is 1. The molecule has 0 aromatic heterocycles. The largest absolute Gasteiger partial charge is 0.480 e. The molecule has 3 unspecified atom stereocenters. The molecule has 0 radical (unpaired) electrons. The van der Waals surface area contributed by atoms with Crippen LogP contribution in [0.15, 0.2) is 24.3 Å². The van der Waals surface area contributed by atoms with Crippen LogP contribution in [-0.2, 0) is 11.2 Å².